The number of halogens is 3. The van der Waals surface area contributed by atoms with Crippen molar-refractivity contribution in [2.45, 2.75) is 39.0 Å². The molecule has 4 rings (SSSR count). The van der Waals surface area contributed by atoms with E-state index in [1.165, 1.54) is 13.2 Å². The van der Waals surface area contributed by atoms with Crippen molar-refractivity contribution >= 4 is 16.7 Å². The van der Waals surface area contributed by atoms with Gasteiger partial charge in [0.15, 0.2) is 0 Å². The molecule has 0 radical (unpaired) electrons. The van der Waals surface area contributed by atoms with E-state index in [1.807, 2.05) is 17.7 Å². The maximum Gasteiger partial charge on any atom is 0.416 e. The summed E-state index contributed by atoms with van der Waals surface area (Å²) in [6, 6.07) is 5.66. The minimum absolute atomic E-state index is 0.125. The molecule has 0 unspecified atom stereocenters. The Kier molecular flexibility index (Phi) is 4.01. The molecule has 0 saturated heterocycles. The summed E-state index contributed by atoms with van der Waals surface area (Å²) in [6.45, 7) is 4.66. The molecule has 8 heteroatoms. The molecule has 1 atom stereocenters. The maximum atomic E-state index is 13.1. The Hall–Kier alpha value is -2.77. The van der Waals surface area contributed by atoms with Gasteiger partial charge in [0, 0.05) is 17.3 Å². The fourth-order valence-electron chi connectivity index (χ4n) is 3.50. The van der Waals surface area contributed by atoms with E-state index in [0.29, 0.717) is 23.3 Å². The van der Waals surface area contributed by atoms with Crippen molar-refractivity contribution in [2.24, 2.45) is 0 Å². The molecule has 1 N–H and O–H groups in total. The molecular weight excluding hydrogens is 357 g/mol. The molecule has 0 spiro atoms. The van der Waals surface area contributed by atoms with Crippen LogP contribution in [0.3, 0.4) is 0 Å². The van der Waals surface area contributed by atoms with Crippen LogP contribution in [0.1, 0.15) is 24.6 Å². The van der Waals surface area contributed by atoms with Gasteiger partial charge in [-0.1, -0.05) is 6.92 Å². The molecule has 1 aromatic carbocycles. The molecule has 3 heterocycles. The van der Waals surface area contributed by atoms with Crippen LogP contribution >= 0.6 is 0 Å². The second kappa shape index (κ2) is 6.14. The number of methoxy groups -OCH3 is 1. The Morgan fingerprint density at radius 1 is 1.30 bits per heavy atom. The second-order valence-electron chi connectivity index (χ2n) is 6.70. The molecular formula is C19H19F3N4O. The van der Waals surface area contributed by atoms with E-state index in [-0.39, 0.29) is 11.8 Å². The van der Waals surface area contributed by atoms with Gasteiger partial charge in [0.05, 0.1) is 24.9 Å². The van der Waals surface area contributed by atoms with Crippen molar-refractivity contribution in [2.75, 3.05) is 12.4 Å². The molecule has 0 bridgehead atoms. The molecule has 2 aromatic heterocycles. The summed E-state index contributed by atoms with van der Waals surface area (Å²) in [5, 5.41) is 8.18. The number of anilines is 1. The largest absolute Gasteiger partial charge is 0.496 e. The van der Waals surface area contributed by atoms with Crippen LogP contribution in [-0.2, 0) is 12.7 Å². The molecule has 3 aromatic rings. The van der Waals surface area contributed by atoms with E-state index >= 15 is 0 Å². The number of aromatic nitrogens is 3. The molecule has 0 aliphatic carbocycles. The highest BCUT2D eigenvalue weighted by Crippen LogP contribution is 2.40. The van der Waals surface area contributed by atoms with Crippen LogP contribution in [0.25, 0.3) is 22.3 Å². The predicted molar refractivity (Wildman–Crippen MR) is 97.0 cm³/mol. The van der Waals surface area contributed by atoms with Crippen molar-refractivity contribution in [1.82, 2.24) is 14.8 Å². The average Bonchev–Trinajstić information content (AvgIpc) is 2.99. The molecule has 0 fully saturated rings. The Labute approximate surface area is 154 Å². The van der Waals surface area contributed by atoms with Gasteiger partial charge in [-0.3, -0.25) is 4.68 Å². The number of aryl methyl sites for hydroxylation is 1. The minimum Gasteiger partial charge on any atom is -0.496 e. The van der Waals surface area contributed by atoms with Crippen molar-refractivity contribution in [3.05, 3.63) is 35.5 Å². The summed E-state index contributed by atoms with van der Waals surface area (Å²) in [6.07, 6.45) is -3.50. The second-order valence-corrected chi connectivity index (χ2v) is 6.70. The van der Waals surface area contributed by atoms with Crippen LogP contribution < -0.4 is 10.1 Å². The van der Waals surface area contributed by atoms with Gasteiger partial charge in [-0.2, -0.15) is 18.3 Å². The summed E-state index contributed by atoms with van der Waals surface area (Å²) in [4.78, 5) is 4.61. The standard InChI is InChI=1S/C19H19F3N4O/c1-4-12-9-26-18-14(24-12)7-10(2)23-17(18)16(25-26)13-6-5-11(19(20,21)22)8-15(13)27-3/h5-8,12,24H,4,9H2,1-3H3/t12-/m0/s1. The maximum absolute atomic E-state index is 13.1. The number of nitrogens with zero attached hydrogens (tertiary/aromatic N) is 3. The van der Waals surface area contributed by atoms with Crippen LogP contribution in [0.5, 0.6) is 5.75 Å². The highest BCUT2D eigenvalue weighted by molar-refractivity contribution is 5.99. The third kappa shape index (κ3) is 2.89. The number of pyridine rings is 1. The molecule has 142 valence electrons. The summed E-state index contributed by atoms with van der Waals surface area (Å²) >= 11 is 0. The quantitative estimate of drug-likeness (QED) is 0.724. The van der Waals surface area contributed by atoms with Gasteiger partial charge in [0.2, 0.25) is 0 Å². The smallest absolute Gasteiger partial charge is 0.416 e. The summed E-state index contributed by atoms with van der Waals surface area (Å²) < 4.78 is 46.3. The number of hydrogen-bond donors (Lipinski definition) is 1. The van der Waals surface area contributed by atoms with E-state index in [9.17, 15) is 13.2 Å². The topological polar surface area (TPSA) is 52.0 Å². The van der Waals surface area contributed by atoms with E-state index in [2.05, 4.69) is 22.3 Å². The van der Waals surface area contributed by atoms with Gasteiger partial charge < -0.3 is 10.1 Å². The minimum atomic E-state index is -4.43. The van der Waals surface area contributed by atoms with Gasteiger partial charge in [-0.05, 0) is 37.6 Å². The normalized spacial score (nSPS) is 16.4. The number of benzene rings is 1. The SMILES string of the molecule is CC[C@H]1Cn2nc(-c3ccc(C(F)(F)F)cc3OC)c3nc(C)cc(c32)N1. The van der Waals surface area contributed by atoms with Gasteiger partial charge in [0.25, 0.3) is 0 Å². The molecule has 5 nitrogen and oxygen atoms in total. The monoisotopic (exact) mass is 376 g/mol. The van der Waals surface area contributed by atoms with E-state index in [4.69, 9.17) is 4.74 Å². The lowest BCUT2D eigenvalue weighted by atomic mass is 10.1. The zero-order valence-corrected chi connectivity index (χ0v) is 15.2. The van der Waals surface area contributed by atoms with E-state index in [1.54, 1.807) is 0 Å². The summed E-state index contributed by atoms with van der Waals surface area (Å²) in [5.41, 5.74) is 3.54. The number of nitrogens with one attached hydrogen (secondary N) is 1. The van der Waals surface area contributed by atoms with Crippen LogP contribution in [0.2, 0.25) is 0 Å². The number of alkyl halides is 3. The average molecular weight is 376 g/mol. The highest BCUT2D eigenvalue weighted by atomic mass is 19.4. The first-order chi connectivity index (χ1) is 12.8. The molecule has 1 aliphatic heterocycles. The summed E-state index contributed by atoms with van der Waals surface area (Å²) in [7, 11) is 1.36. The molecule has 1 aliphatic rings. The van der Waals surface area contributed by atoms with Gasteiger partial charge in [-0.15, -0.1) is 0 Å². The van der Waals surface area contributed by atoms with Crippen LogP contribution in [0, 0.1) is 6.92 Å². The molecule has 0 amide bonds. The number of rotatable bonds is 3. The van der Waals surface area contributed by atoms with Crippen LogP contribution in [-0.4, -0.2) is 27.9 Å². The van der Waals surface area contributed by atoms with Crippen LogP contribution in [0.4, 0.5) is 18.9 Å². The fraction of sp³-hybridized carbons (Fsp3) is 0.368. The lowest BCUT2D eigenvalue weighted by Crippen LogP contribution is -2.29. The first-order valence-corrected chi connectivity index (χ1v) is 8.72. The van der Waals surface area contributed by atoms with Crippen molar-refractivity contribution in [3.63, 3.8) is 0 Å². The molecule has 27 heavy (non-hydrogen) atoms. The predicted octanol–water partition coefficient (Wildman–Crippen LogP) is 4.64. The highest BCUT2D eigenvalue weighted by Gasteiger charge is 2.32. The molecule has 0 saturated carbocycles. The van der Waals surface area contributed by atoms with E-state index in [0.717, 1.165) is 35.5 Å². The summed E-state index contributed by atoms with van der Waals surface area (Å²) in [5.74, 6) is 0.125. The first kappa shape index (κ1) is 17.6. The zero-order valence-electron chi connectivity index (χ0n) is 15.2. The van der Waals surface area contributed by atoms with Crippen molar-refractivity contribution < 1.29 is 17.9 Å². The van der Waals surface area contributed by atoms with Gasteiger partial charge in [-0.25, -0.2) is 4.98 Å². The Bertz CT molecular complexity index is 1030. The third-order valence-electron chi connectivity index (χ3n) is 4.85. The van der Waals surface area contributed by atoms with Crippen LogP contribution in [0.15, 0.2) is 24.3 Å². The Morgan fingerprint density at radius 2 is 2.07 bits per heavy atom. The van der Waals surface area contributed by atoms with Gasteiger partial charge >= 0.3 is 6.18 Å². The fourth-order valence-corrected chi connectivity index (χ4v) is 3.50. The number of ether oxygens (including phenoxy) is 1. The Balaban J connectivity index is 1.94. The van der Waals surface area contributed by atoms with Crippen molar-refractivity contribution in [3.8, 4) is 17.0 Å². The number of hydrogen-bond acceptors (Lipinski definition) is 4. The van der Waals surface area contributed by atoms with E-state index < -0.39 is 11.7 Å². The Morgan fingerprint density at radius 3 is 2.74 bits per heavy atom. The first-order valence-electron chi connectivity index (χ1n) is 8.72. The van der Waals surface area contributed by atoms with Crippen molar-refractivity contribution in [1.29, 1.82) is 0 Å². The zero-order chi connectivity index (χ0) is 19.3. The third-order valence-corrected chi connectivity index (χ3v) is 4.85. The lowest BCUT2D eigenvalue weighted by molar-refractivity contribution is -0.137. The lowest BCUT2D eigenvalue weighted by Gasteiger charge is -2.24. The van der Waals surface area contributed by atoms with Gasteiger partial charge in [0.1, 0.15) is 22.5 Å².